The maximum atomic E-state index is 12.4. The number of rotatable bonds is 7. The van der Waals surface area contributed by atoms with Gasteiger partial charge in [0.2, 0.25) is 5.91 Å². The van der Waals surface area contributed by atoms with Crippen molar-refractivity contribution in [3.8, 4) is 5.75 Å². The lowest BCUT2D eigenvalue weighted by molar-refractivity contribution is -0.127. The van der Waals surface area contributed by atoms with Gasteiger partial charge in [-0.3, -0.25) is 9.59 Å². The monoisotopic (exact) mass is 367 g/mol. The number of fused-ring (bicyclic) bond motifs is 1. The predicted molar refractivity (Wildman–Crippen MR) is 105 cm³/mol. The van der Waals surface area contributed by atoms with E-state index in [9.17, 15) is 9.59 Å². The van der Waals surface area contributed by atoms with Gasteiger partial charge in [0.15, 0.2) is 6.10 Å². The summed E-state index contributed by atoms with van der Waals surface area (Å²) in [5, 5.41) is 5.57. The van der Waals surface area contributed by atoms with Crippen molar-refractivity contribution in [1.29, 1.82) is 0 Å². The predicted octanol–water partition coefficient (Wildman–Crippen LogP) is 1.75. The molecule has 2 aromatic carbocycles. The molecule has 6 heteroatoms. The Hall–Kier alpha value is -3.02. The zero-order valence-corrected chi connectivity index (χ0v) is 15.5. The van der Waals surface area contributed by atoms with Crippen LogP contribution in [-0.4, -0.2) is 44.6 Å². The number of likely N-dealkylation sites (N-methyl/N-ethyl adjacent to an activating group) is 1. The van der Waals surface area contributed by atoms with Gasteiger partial charge in [0.25, 0.3) is 5.91 Å². The van der Waals surface area contributed by atoms with E-state index in [0.717, 1.165) is 18.5 Å². The van der Waals surface area contributed by atoms with Gasteiger partial charge < -0.3 is 20.3 Å². The molecule has 2 aromatic rings. The van der Waals surface area contributed by atoms with Gasteiger partial charge in [-0.2, -0.15) is 0 Å². The lowest BCUT2D eigenvalue weighted by Crippen LogP contribution is -2.50. The lowest BCUT2D eigenvalue weighted by atomic mass is 10.1. The fourth-order valence-corrected chi connectivity index (χ4v) is 3.15. The minimum absolute atomic E-state index is 0.0598. The highest BCUT2D eigenvalue weighted by molar-refractivity contribution is 5.86. The van der Waals surface area contributed by atoms with E-state index < -0.39 is 6.10 Å². The third kappa shape index (κ3) is 5.00. The molecule has 1 aliphatic heterocycles. The van der Waals surface area contributed by atoms with Crippen LogP contribution < -0.4 is 20.3 Å². The standard InChI is InChI=1S/C21H25N3O3/c1-22-21(26)19-14-24(17-11-5-6-12-18(17)27-19)15-20(25)23-13-7-10-16-8-3-2-4-9-16/h2-6,8-9,11-12,19H,7,10,13-15H2,1H3,(H,22,26)(H,23,25)/t19-/m0/s1. The van der Waals surface area contributed by atoms with E-state index in [1.54, 1.807) is 7.05 Å². The molecular weight excluding hydrogens is 342 g/mol. The molecule has 0 fully saturated rings. The molecule has 0 radical (unpaired) electrons. The third-order valence-corrected chi connectivity index (χ3v) is 4.54. The summed E-state index contributed by atoms with van der Waals surface area (Å²) in [6.45, 7) is 1.16. The van der Waals surface area contributed by atoms with E-state index >= 15 is 0 Å². The van der Waals surface area contributed by atoms with Crippen LogP contribution in [0.25, 0.3) is 0 Å². The highest BCUT2D eigenvalue weighted by atomic mass is 16.5. The number of nitrogens with one attached hydrogen (secondary N) is 2. The zero-order chi connectivity index (χ0) is 19.1. The highest BCUT2D eigenvalue weighted by Gasteiger charge is 2.30. The Bertz CT molecular complexity index is 779. The number of anilines is 1. The van der Waals surface area contributed by atoms with Gasteiger partial charge in [-0.15, -0.1) is 0 Å². The Morgan fingerprint density at radius 1 is 1.11 bits per heavy atom. The van der Waals surface area contributed by atoms with Crippen LogP contribution in [-0.2, 0) is 16.0 Å². The summed E-state index contributed by atoms with van der Waals surface area (Å²) in [5.74, 6) is 0.363. The summed E-state index contributed by atoms with van der Waals surface area (Å²) in [6, 6.07) is 17.7. The van der Waals surface area contributed by atoms with Gasteiger partial charge in [-0.25, -0.2) is 0 Å². The largest absolute Gasteiger partial charge is 0.477 e. The Morgan fingerprint density at radius 3 is 2.63 bits per heavy atom. The quantitative estimate of drug-likeness (QED) is 0.732. The molecule has 6 nitrogen and oxygen atoms in total. The molecule has 2 N–H and O–H groups in total. The van der Waals surface area contributed by atoms with Crippen LogP contribution in [0.3, 0.4) is 0 Å². The van der Waals surface area contributed by atoms with Crippen molar-refractivity contribution in [2.24, 2.45) is 0 Å². The van der Waals surface area contributed by atoms with E-state index in [2.05, 4.69) is 22.8 Å². The summed E-state index contributed by atoms with van der Waals surface area (Å²) in [4.78, 5) is 26.3. The van der Waals surface area contributed by atoms with Crippen LogP contribution in [0.15, 0.2) is 54.6 Å². The third-order valence-electron chi connectivity index (χ3n) is 4.54. The number of hydrogen-bond donors (Lipinski definition) is 2. The molecule has 0 spiro atoms. The number of amides is 2. The molecule has 0 bridgehead atoms. The Morgan fingerprint density at radius 2 is 1.85 bits per heavy atom. The normalized spacial score (nSPS) is 15.4. The van der Waals surface area contributed by atoms with Crippen molar-refractivity contribution < 1.29 is 14.3 Å². The summed E-state index contributed by atoms with van der Waals surface area (Å²) in [5.41, 5.74) is 2.10. The molecule has 0 saturated carbocycles. The van der Waals surface area contributed by atoms with E-state index in [1.807, 2.05) is 47.4 Å². The zero-order valence-electron chi connectivity index (χ0n) is 15.5. The van der Waals surface area contributed by atoms with Crippen molar-refractivity contribution in [3.05, 3.63) is 60.2 Å². The summed E-state index contributed by atoms with van der Waals surface area (Å²) < 4.78 is 5.76. The van der Waals surface area contributed by atoms with Gasteiger partial charge >= 0.3 is 0 Å². The van der Waals surface area contributed by atoms with Crippen LogP contribution in [0.5, 0.6) is 5.75 Å². The molecule has 1 aliphatic rings. The van der Waals surface area contributed by atoms with Crippen LogP contribution in [0.4, 0.5) is 5.69 Å². The molecule has 142 valence electrons. The van der Waals surface area contributed by atoms with Gasteiger partial charge in [-0.05, 0) is 30.5 Å². The average Bonchev–Trinajstić information content (AvgIpc) is 2.71. The molecule has 27 heavy (non-hydrogen) atoms. The Labute approximate surface area is 159 Å². The number of carbonyl (C=O) groups is 2. The maximum Gasteiger partial charge on any atom is 0.262 e. The second-order valence-corrected chi connectivity index (χ2v) is 6.51. The number of hydrogen-bond acceptors (Lipinski definition) is 4. The molecule has 2 amide bonds. The van der Waals surface area contributed by atoms with Crippen molar-refractivity contribution in [2.75, 3.05) is 31.6 Å². The van der Waals surface area contributed by atoms with Gasteiger partial charge in [0.05, 0.1) is 18.8 Å². The Balaban J connectivity index is 1.53. The minimum atomic E-state index is -0.629. The van der Waals surface area contributed by atoms with Gasteiger partial charge in [-0.1, -0.05) is 42.5 Å². The molecule has 1 atom stereocenters. The number of para-hydroxylation sites is 2. The molecule has 0 saturated heterocycles. The van der Waals surface area contributed by atoms with Crippen molar-refractivity contribution in [3.63, 3.8) is 0 Å². The topological polar surface area (TPSA) is 70.7 Å². The summed E-state index contributed by atoms with van der Waals surface area (Å²) in [7, 11) is 1.58. The first-order chi connectivity index (χ1) is 13.2. The van der Waals surface area contributed by atoms with Crippen molar-refractivity contribution in [1.82, 2.24) is 10.6 Å². The number of aryl methyl sites for hydroxylation is 1. The van der Waals surface area contributed by atoms with E-state index in [4.69, 9.17) is 4.74 Å². The molecule has 0 aliphatic carbocycles. The molecule has 1 heterocycles. The summed E-state index contributed by atoms with van der Waals surface area (Å²) >= 11 is 0. The van der Waals surface area contributed by atoms with Crippen molar-refractivity contribution >= 4 is 17.5 Å². The first-order valence-corrected chi connectivity index (χ1v) is 9.20. The fourth-order valence-electron chi connectivity index (χ4n) is 3.15. The second kappa shape index (κ2) is 9.07. The van der Waals surface area contributed by atoms with Gasteiger partial charge in [0, 0.05) is 13.6 Å². The van der Waals surface area contributed by atoms with Crippen LogP contribution in [0, 0.1) is 0 Å². The molecule has 0 aromatic heterocycles. The van der Waals surface area contributed by atoms with E-state index in [0.29, 0.717) is 18.8 Å². The smallest absolute Gasteiger partial charge is 0.262 e. The summed E-state index contributed by atoms with van der Waals surface area (Å²) in [6.07, 6.45) is 1.19. The number of benzene rings is 2. The maximum absolute atomic E-state index is 12.4. The second-order valence-electron chi connectivity index (χ2n) is 6.51. The SMILES string of the molecule is CNC(=O)[C@@H]1CN(CC(=O)NCCCc2ccccc2)c2ccccc2O1. The average molecular weight is 367 g/mol. The van der Waals surface area contributed by atoms with E-state index in [-0.39, 0.29) is 18.4 Å². The fraction of sp³-hybridized carbons (Fsp3) is 0.333. The number of carbonyl (C=O) groups excluding carboxylic acids is 2. The number of nitrogens with zero attached hydrogens (tertiary/aromatic N) is 1. The minimum Gasteiger partial charge on any atom is -0.477 e. The number of ether oxygens (including phenoxy) is 1. The lowest BCUT2D eigenvalue weighted by Gasteiger charge is -2.35. The van der Waals surface area contributed by atoms with Crippen LogP contribution >= 0.6 is 0 Å². The molecule has 0 unspecified atom stereocenters. The Kier molecular flexibility index (Phi) is 6.30. The van der Waals surface area contributed by atoms with Crippen LogP contribution in [0.2, 0.25) is 0 Å². The van der Waals surface area contributed by atoms with Crippen LogP contribution in [0.1, 0.15) is 12.0 Å². The first-order valence-electron chi connectivity index (χ1n) is 9.20. The van der Waals surface area contributed by atoms with Gasteiger partial charge in [0.1, 0.15) is 5.75 Å². The van der Waals surface area contributed by atoms with Crippen molar-refractivity contribution in [2.45, 2.75) is 18.9 Å². The van der Waals surface area contributed by atoms with E-state index in [1.165, 1.54) is 5.56 Å². The molecular formula is C21H25N3O3. The molecule has 3 rings (SSSR count). The first kappa shape index (κ1) is 18.8. The highest BCUT2D eigenvalue weighted by Crippen LogP contribution is 2.32.